The van der Waals surface area contributed by atoms with Gasteiger partial charge in [0, 0.05) is 10.8 Å². The van der Waals surface area contributed by atoms with Gasteiger partial charge in [-0.2, -0.15) is 0 Å². The minimum atomic E-state index is 0.0660. The molecule has 2 aliphatic carbocycles. The lowest BCUT2D eigenvalue weighted by Crippen LogP contribution is -2.18. The monoisotopic (exact) mass is 324 g/mol. The van der Waals surface area contributed by atoms with Gasteiger partial charge in [-0.15, -0.1) is 0 Å². The van der Waals surface area contributed by atoms with Gasteiger partial charge in [-0.3, -0.25) is 0 Å². The number of hydrogen-bond donors (Lipinski definition) is 0. The summed E-state index contributed by atoms with van der Waals surface area (Å²) in [6.45, 7) is 11.7. The summed E-state index contributed by atoms with van der Waals surface area (Å²) in [6, 6.07) is 20.8. The smallest absolute Gasteiger partial charge is 0.0159 e. The Morgan fingerprint density at radius 2 is 1.08 bits per heavy atom. The molecular weight excluding hydrogens is 300 g/mol. The molecule has 3 aromatic carbocycles. The van der Waals surface area contributed by atoms with Crippen LogP contribution >= 0.6 is 0 Å². The summed E-state index contributed by atoms with van der Waals surface area (Å²) in [5, 5.41) is 0. The molecule has 0 N–H and O–H groups in total. The van der Waals surface area contributed by atoms with Crippen molar-refractivity contribution in [1.82, 2.24) is 0 Å². The second-order valence-electron chi connectivity index (χ2n) is 8.79. The number of rotatable bonds is 0. The average Bonchev–Trinajstić information content (AvgIpc) is 2.94. The van der Waals surface area contributed by atoms with Crippen LogP contribution in [-0.2, 0) is 10.8 Å². The standard InChI is InChI=1S/C25H24/c1-15-10-11-17-19-13-18-16-8-6-7-9-20(16)24(2,3)22(18)14-23(19)25(4,5)21(17)12-15/h6-14H,1-5H3. The van der Waals surface area contributed by atoms with Crippen molar-refractivity contribution in [3.63, 3.8) is 0 Å². The minimum Gasteiger partial charge on any atom is -0.0619 e. The molecule has 0 nitrogen and oxygen atoms in total. The van der Waals surface area contributed by atoms with E-state index in [1.165, 1.54) is 50.1 Å². The zero-order chi connectivity index (χ0) is 17.6. The van der Waals surface area contributed by atoms with Gasteiger partial charge in [0.05, 0.1) is 0 Å². The molecule has 0 saturated carbocycles. The Balaban J connectivity index is 1.87. The van der Waals surface area contributed by atoms with Crippen LogP contribution < -0.4 is 0 Å². The van der Waals surface area contributed by atoms with Crippen LogP contribution in [-0.4, -0.2) is 0 Å². The highest BCUT2D eigenvalue weighted by Crippen LogP contribution is 2.55. The number of fused-ring (bicyclic) bond motifs is 6. The van der Waals surface area contributed by atoms with Gasteiger partial charge in [0.15, 0.2) is 0 Å². The molecule has 0 amide bonds. The highest BCUT2D eigenvalue weighted by Gasteiger charge is 2.41. The largest absolute Gasteiger partial charge is 0.0619 e. The summed E-state index contributed by atoms with van der Waals surface area (Å²) in [6.07, 6.45) is 0. The molecule has 3 aromatic rings. The Morgan fingerprint density at radius 1 is 0.520 bits per heavy atom. The minimum absolute atomic E-state index is 0.0660. The van der Waals surface area contributed by atoms with Crippen LogP contribution in [0, 0.1) is 6.92 Å². The summed E-state index contributed by atoms with van der Waals surface area (Å²) in [5.74, 6) is 0. The molecule has 5 rings (SSSR count). The maximum atomic E-state index is 2.50. The molecule has 0 unspecified atom stereocenters. The van der Waals surface area contributed by atoms with Crippen molar-refractivity contribution in [3.8, 4) is 22.3 Å². The zero-order valence-electron chi connectivity index (χ0n) is 15.7. The van der Waals surface area contributed by atoms with E-state index < -0.39 is 0 Å². The van der Waals surface area contributed by atoms with Crippen LogP contribution in [0.2, 0.25) is 0 Å². The molecule has 0 heteroatoms. The van der Waals surface area contributed by atoms with Gasteiger partial charge in [0.2, 0.25) is 0 Å². The third kappa shape index (κ3) is 1.73. The molecule has 0 bridgehead atoms. The topological polar surface area (TPSA) is 0 Å². The second kappa shape index (κ2) is 4.43. The van der Waals surface area contributed by atoms with Crippen molar-refractivity contribution in [2.75, 3.05) is 0 Å². The van der Waals surface area contributed by atoms with Crippen molar-refractivity contribution in [2.24, 2.45) is 0 Å². The van der Waals surface area contributed by atoms with Gasteiger partial charge in [0.25, 0.3) is 0 Å². The lowest BCUT2D eigenvalue weighted by Gasteiger charge is -2.26. The van der Waals surface area contributed by atoms with E-state index in [0.717, 1.165) is 0 Å². The van der Waals surface area contributed by atoms with Crippen LogP contribution in [0.3, 0.4) is 0 Å². The first-order chi connectivity index (χ1) is 11.8. The summed E-state index contributed by atoms with van der Waals surface area (Å²) in [7, 11) is 0. The SMILES string of the molecule is Cc1ccc2c(c1)C(C)(C)c1cc3c(cc1-2)-c1ccccc1C3(C)C. The zero-order valence-corrected chi connectivity index (χ0v) is 15.7. The second-order valence-corrected chi connectivity index (χ2v) is 8.79. The van der Waals surface area contributed by atoms with Gasteiger partial charge in [0.1, 0.15) is 0 Å². The molecule has 0 fully saturated rings. The van der Waals surface area contributed by atoms with Crippen molar-refractivity contribution in [1.29, 1.82) is 0 Å². The van der Waals surface area contributed by atoms with E-state index in [9.17, 15) is 0 Å². The van der Waals surface area contributed by atoms with Crippen molar-refractivity contribution in [2.45, 2.75) is 45.4 Å². The Morgan fingerprint density at radius 3 is 1.80 bits per heavy atom. The van der Waals surface area contributed by atoms with E-state index in [-0.39, 0.29) is 10.8 Å². The molecule has 25 heavy (non-hydrogen) atoms. The van der Waals surface area contributed by atoms with Crippen LogP contribution in [0.1, 0.15) is 55.5 Å². The molecule has 0 spiro atoms. The van der Waals surface area contributed by atoms with Gasteiger partial charge in [-0.05, 0) is 57.5 Å². The normalized spacial score (nSPS) is 17.6. The summed E-state index contributed by atoms with van der Waals surface area (Å²) >= 11 is 0. The van der Waals surface area contributed by atoms with Gasteiger partial charge in [-0.1, -0.05) is 81.8 Å². The van der Waals surface area contributed by atoms with Crippen molar-refractivity contribution in [3.05, 3.63) is 82.4 Å². The van der Waals surface area contributed by atoms with E-state index >= 15 is 0 Å². The van der Waals surface area contributed by atoms with Crippen molar-refractivity contribution >= 4 is 0 Å². The molecular formula is C25H24. The molecule has 2 aliphatic rings. The Kier molecular flexibility index (Phi) is 2.65. The molecule has 0 radical (unpaired) electrons. The lowest BCUT2D eigenvalue weighted by molar-refractivity contribution is 0.639. The first-order valence-corrected chi connectivity index (χ1v) is 9.22. The van der Waals surface area contributed by atoms with E-state index in [1.54, 1.807) is 0 Å². The third-order valence-corrected chi connectivity index (χ3v) is 6.53. The van der Waals surface area contributed by atoms with E-state index in [4.69, 9.17) is 0 Å². The van der Waals surface area contributed by atoms with Crippen LogP contribution in [0.4, 0.5) is 0 Å². The van der Waals surface area contributed by atoms with Crippen LogP contribution in [0.25, 0.3) is 22.3 Å². The molecule has 124 valence electrons. The fourth-order valence-corrected chi connectivity index (χ4v) is 5.04. The van der Waals surface area contributed by atoms with Crippen molar-refractivity contribution < 1.29 is 0 Å². The van der Waals surface area contributed by atoms with Crippen LogP contribution in [0.15, 0.2) is 54.6 Å². The highest BCUT2D eigenvalue weighted by molar-refractivity contribution is 5.90. The predicted octanol–water partition coefficient (Wildman–Crippen LogP) is 6.61. The van der Waals surface area contributed by atoms with Crippen LogP contribution in [0.5, 0.6) is 0 Å². The molecule has 0 saturated heterocycles. The maximum absolute atomic E-state index is 2.50. The van der Waals surface area contributed by atoms with E-state index in [0.29, 0.717) is 0 Å². The van der Waals surface area contributed by atoms with E-state index in [2.05, 4.69) is 89.2 Å². The average molecular weight is 324 g/mol. The quantitative estimate of drug-likeness (QED) is 0.436. The highest BCUT2D eigenvalue weighted by atomic mass is 14.4. The maximum Gasteiger partial charge on any atom is 0.0159 e. The summed E-state index contributed by atoms with van der Waals surface area (Å²) < 4.78 is 0. The third-order valence-electron chi connectivity index (χ3n) is 6.53. The fourth-order valence-electron chi connectivity index (χ4n) is 5.04. The van der Waals surface area contributed by atoms with E-state index in [1.807, 2.05) is 0 Å². The Bertz CT molecular complexity index is 1050. The summed E-state index contributed by atoms with van der Waals surface area (Å²) in [4.78, 5) is 0. The molecule has 0 aliphatic heterocycles. The summed E-state index contributed by atoms with van der Waals surface area (Å²) in [5.41, 5.74) is 13.0. The van der Waals surface area contributed by atoms with Gasteiger partial charge in [-0.25, -0.2) is 0 Å². The lowest BCUT2D eigenvalue weighted by atomic mass is 9.77. The Hall–Kier alpha value is -2.34. The van der Waals surface area contributed by atoms with Gasteiger partial charge < -0.3 is 0 Å². The fraction of sp³-hybridized carbons (Fsp3) is 0.280. The first-order valence-electron chi connectivity index (χ1n) is 9.22. The molecule has 0 aromatic heterocycles. The Labute approximate surface area is 150 Å². The predicted molar refractivity (Wildman–Crippen MR) is 106 cm³/mol. The molecule has 0 heterocycles. The number of benzene rings is 3. The number of aryl methyl sites for hydroxylation is 1. The first kappa shape index (κ1) is 15.0. The molecule has 0 atom stereocenters. The van der Waals surface area contributed by atoms with Gasteiger partial charge >= 0.3 is 0 Å². The number of hydrogen-bond acceptors (Lipinski definition) is 0.